The number of rotatable bonds is 6. The first-order chi connectivity index (χ1) is 10.5. The van der Waals surface area contributed by atoms with Gasteiger partial charge in [-0.05, 0) is 33.4 Å². The highest BCUT2D eigenvalue weighted by molar-refractivity contribution is 5.81. The Morgan fingerprint density at radius 2 is 1.91 bits per heavy atom. The molecule has 1 N–H and O–H groups in total. The number of carbonyl (C=O) groups is 1. The molecule has 3 atom stereocenters. The summed E-state index contributed by atoms with van der Waals surface area (Å²) in [6.07, 6.45) is 3.74. The molecule has 0 saturated carbocycles. The van der Waals surface area contributed by atoms with E-state index in [1.807, 2.05) is 28.8 Å². The Kier molecular flexibility index (Phi) is 5.97. The largest absolute Gasteiger partial charge is 0.339 e. The van der Waals surface area contributed by atoms with E-state index in [1.165, 1.54) is 0 Å². The molecule has 1 saturated heterocycles. The minimum atomic E-state index is -0.166. The van der Waals surface area contributed by atoms with E-state index in [9.17, 15) is 4.79 Å². The molecule has 1 fully saturated rings. The van der Waals surface area contributed by atoms with Crippen molar-refractivity contribution < 1.29 is 4.79 Å². The van der Waals surface area contributed by atoms with Crippen LogP contribution < -0.4 is 5.32 Å². The molecule has 1 amide bonds. The van der Waals surface area contributed by atoms with E-state index in [1.54, 1.807) is 6.20 Å². The van der Waals surface area contributed by atoms with Crippen LogP contribution in [0.2, 0.25) is 0 Å². The number of hydrogen-bond acceptors (Lipinski definition) is 4. The van der Waals surface area contributed by atoms with Crippen molar-refractivity contribution in [2.75, 3.05) is 32.7 Å². The van der Waals surface area contributed by atoms with Gasteiger partial charge in [-0.25, -0.2) is 0 Å². The fourth-order valence-electron chi connectivity index (χ4n) is 2.91. The molecule has 0 radical (unpaired) electrons. The fourth-order valence-corrected chi connectivity index (χ4v) is 2.91. The van der Waals surface area contributed by atoms with Crippen LogP contribution >= 0.6 is 0 Å². The Morgan fingerprint density at radius 1 is 1.23 bits per heavy atom. The van der Waals surface area contributed by atoms with Crippen molar-refractivity contribution in [3.05, 3.63) is 18.5 Å². The summed E-state index contributed by atoms with van der Waals surface area (Å²) in [5.74, 6) is 0.204. The maximum Gasteiger partial charge on any atom is 0.239 e. The molecular formula is C16H29N5O. The summed E-state index contributed by atoms with van der Waals surface area (Å²) in [4.78, 5) is 16.9. The van der Waals surface area contributed by atoms with Crippen molar-refractivity contribution in [3.63, 3.8) is 0 Å². The zero-order chi connectivity index (χ0) is 16.1. The SMILES string of the molecule is CCN1CCN(C(=O)[C@H](C)N[C@H](C)[C@@H](C)n2cccn2)CC1. The first kappa shape index (κ1) is 17.0. The molecule has 1 aromatic heterocycles. The maximum absolute atomic E-state index is 12.6. The number of likely N-dealkylation sites (N-methyl/N-ethyl adjacent to an activating group) is 1. The molecule has 22 heavy (non-hydrogen) atoms. The van der Waals surface area contributed by atoms with Crippen molar-refractivity contribution in [1.29, 1.82) is 0 Å². The van der Waals surface area contributed by atoms with Crippen molar-refractivity contribution in [1.82, 2.24) is 24.9 Å². The van der Waals surface area contributed by atoms with Gasteiger partial charge in [0.15, 0.2) is 0 Å². The van der Waals surface area contributed by atoms with E-state index in [0.717, 1.165) is 32.7 Å². The number of hydrogen-bond donors (Lipinski definition) is 1. The second kappa shape index (κ2) is 7.74. The third kappa shape index (κ3) is 4.08. The summed E-state index contributed by atoms with van der Waals surface area (Å²) >= 11 is 0. The molecule has 0 aliphatic carbocycles. The van der Waals surface area contributed by atoms with Gasteiger partial charge in [-0.1, -0.05) is 6.92 Å². The lowest BCUT2D eigenvalue weighted by atomic mass is 10.1. The van der Waals surface area contributed by atoms with Crippen LogP contribution in [0.1, 0.15) is 33.7 Å². The maximum atomic E-state index is 12.6. The highest BCUT2D eigenvalue weighted by Gasteiger charge is 2.26. The number of nitrogens with zero attached hydrogens (tertiary/aromatic N) is 4. The first-order valence-electron chi connectivity index (χ1n) is 8.29. The van der Waals surface area contributed by atoms with Crippen LogP contribution in [0, 0.1) is 0 Å². The van der Waals surface area contributed by atoms with Gasteiger partial charge in [0.05, 0.1) is 12.1 Å². The van der Waals surface area contributed by atoms with Crippen LogP contribution in [0.15, 0.2) is 18.5 Å². The average Bonchev–Trinajstić information content (AvgIpc) is 3.07. The molecule has 1 aliphatic heterocycles. The summed E-state index contributed by atoms with van der Waals surface area (Å²) in [7, 11) is 0. The molecule has 0 spiro atoms. The summed E-state index contributed by atoms with van der Waals surface area (Å²) in [6.45, 7) is 13.0. The van der Waals surface area contributed by atoms with Gasteiger partial charge >= 0.3 is 0 Å². The van der Waals surface area contributed by atoms with E-state index < -0.39 is 0 Å². The number of aromatic nitrogens is 2. The highest BCUT2D eigenvalue weighted by atomic mass is 16.2. The predicted octanol–water partition coefficient (Wildman–Crippen LogP) is 0.975. The van der Waals surface area contributed by atoms with Crippen LogP contribution in [0.4, 0.5) is 0 Å². The van der Waals surface area contributed by atoms with E-state index in [4.69, 9.17) is 0 Å². The average molecular weight is 307 g/mol. The zero-order valence-corrected chi connectivity index (χ0v) is 14.2. The van der Waals surface area contributed by atoms with Gasteiger partial charge in [-0.2, -0.15) is 5.10 Å². The molecule has 2 rings (SSSR count). The van der Waals surface area contributed by atoms with Crippen molar-refractivity contribution >= 4 is 5.91 Å². The van der Waals surface area contributed by atoms with Gasteiger partial charge in [0, 0.05) is 44.6 Å². The van der Waals surface area contributed by atoms with Crippen LogP contribution in [0.25, 0.3) is 0 Å². The minimum absolute atomic E-state index is 0.166. The molecule has 1 aromatic rings. The molecule has 6 nitrogen and oxygen atoms in total. The molecule has 0 aromatic carbocycles. The number of amides is 1. The van der Waals surface area contributed by atoms with E-state index in [0.29, 0.717) is 0 Å². The monoisotopic (exact) mass is 307 g/mol. The van der Waals surface area contributed by atoms with Crippen LogP contribution in [0.5, 0.6) is 0 Å². The number of piperazine rings is 1. The van der Waals surface area contributed by atoms with Gasteiger partial charge < -0.3 is 15.1 Å². The molecular weight excluding hydrogens is 278 g/mol. The third-order valence-corrected chi connectivity index (χ3v) is 4.68. The van der Waals surface area contributed by atoms with Crippen molar-refractivity contribution in [2.45, 2.75) is 45.8 Å². The van der Waals surface area contributed by atoms with E-state index in [-0.39, 0.29) is 24.0 Å². The van der Waals surface area contributed by atoms with Gasteiger partial charge in [-0.15, -0.1) is 0 Å². The Balaban J connectivity index is 1.83. The smallest absolute Gasteiger partial charge is 0.239 e. The zero-order valence-electron chi connectivity index (χ0n) is 14.2. The number of carbonyl (C=O) groups excluding carboxylic acids is 1. The standard InChI is InChI=1S/C16H29N5O/c1-5-19-9-11-20(12-10-19)16(22)14(3)18-13(2)15(4)21-8-6-7-17-21/h6-8,13-15,18H,5,9-12H2,1-4H3/t13-,14+,15-/m1/s1. The summed E-state index contributed by atoms with van der Waals surface area (Å²) < 4.78 is 1.93. The predicted molar refractivity (Wildman–Crippen MR) is 87.7 cm³/mol. The van der Waals surface area contributed by atoms with Crippen LogP contribution in [-0.2, 0) is 4.79 Å². The lowest BCUT2D eigenvalue weighted by Crippen LogP contribution is -2.55. The van der Waals surface area contributed by atoms with E-state index in [2.05, 4.69) is 36.1 Å². The Labute approximate surface area is 133 Å². The Hall–Kier alpha value is -1.40. The molecule has 6 heteroatoms. The topological polar surface area (TPSA) is 53.4 Å². The normalized spacial score (nSPS) is 20.6. The van der Waals surface area contributed by atoms with Crippen LogP contribution in [0.3, 0.4) is 0 Å². The third-order valence-electron chi connectivity index (χ3n) is 4.68. The van der Waals surface area contributed by atoms with E-state index >= 15 is 0 Å². The lowest BCUT2D eigenvalue weighted by molar-refractivity contribution is -0.135. The highest BCUT2D eigenvalue weighted by Crippen LogP contribution is 2.11. The van der Waals surface area contributed by atoms with Gasteiger partial charge in [-0.3, -0.25) is 9.48 Å². The van der Waals surface area contributed by atoms with Gasteiger partial charge in [0.1, 0.15) is 0 Å². The van der Waals surface area contributed by atoms with Gasteiger partial charge in [0.2, 0.25) is 5.91 Å². The molecule has 124 valence electrons. The molecule has 2 heterocycles. The molecule has 0 bridgehead atoms. The second-order valence-electron chi connectivity index (χ2n) is 6.16. The Morgan fingerprint density at radius 3 is 2.45 bits per heavy atom. The van der Waals surface area contributed by atoms with Gasteiger partial charge in [0.25, 0.3) is 0 Å². The van der Waals surface area contributed by atoms with Crippen molar-refractivity contribution in [3.8, 4) is 0 Å². The summed E-state index contributed by atoms with van der Waals surface area (Å²) in [6, 6.07) is 2.14. The minimum Gasteiger partial charge on any atom is -0.339 e. The molecule has 1 aliphatic rings. The fraction of sp³-hybridized carbons (Fsp3) is 0.750. The second-order valence-corrected chi connectivity index (χ2v) is 6.16. The Bertz CT molecular complexity index is 453. The summed E-state index contributed by atoms with van der Waals surface area (Å²) in [5, 5.41) is 7.70. The number of nitrogens with one attached hydrogen (secondary N) is 1. The quantitative estimate of drug-likeness (QED) is 0.851. The van der Waals surface area contributed by atoms with Crippen LogP contribution in [-0.4, -0.2) is 70.3 Å². The molecule has 0 unspecified atom stereocenters. The lowest BCUT2D eigenvalue weighted by Gasteiger charge is -2.36. The summed E-state index contributed by atoms with van der Waals surface area (Å²) in [5.41, 5.74) is 0. The van der Waals surface area contributed by atoms with Crippen molar-refractivity contribution in [2.24, 2.45) is 0 Å². The first-order valence-corrected chi connectivity index (χ1v) is 8.29.